The Labute approximate surface area is 213 Å². The van der Waals surface area contributed by atoms with Crippen LogP contribution in [-0.2, 0) is 52.5 Å². The minimum atomic E-state index is -1.64. The molecule has 1 spiro atoms. The Hall–Kier alpha value is -2.98. The highest BCUT2D eigenvalue weighted by atomic mass is 16.6. The van der Waals surface area contributed by atoms with E-state index in [0.717, 1.165) is 0 Å². The summed E-state index contributed by atoms with van der Waals surface area (Å²) in [5.74, 6) is -4.56. The first kappa shape index (κ1) is 25.7. The lowest BCUT2D eigenvalue weighted by Gasteiger charge is -2.69. The summed E-state index contributed by atoms with van der Waals surface area (Å²) in [6, 6.07) is 0. The second-order valence-corrected chi connectivity index (χ2v) is 11.4. The van der Waals surface area contributed by atoms with Gasteiger partial charge in [-0.1, -0.05) is 13.8 Å². The van der Waals surface area contributed by atoms with E-state index in [2.05, 4.69) is 0 Å². The van der Waals surface area contributed by atoms with E-state index in [-0.39, 0.29) is 37.4 Å². The van der Waals surface area contributed by atoms with E-state index in [1.165, 1.54) is 20.8 Å². The summed E-state index contributed by atoms with van der Waals surface area (Å²) in [5.41, 5.74) is -3.73. The monoisotopic (exact) mass is 520 g/mol. The van der Waals surface area contributed by atoms with Gasteiger partial charge in [0.25, 0.3) is 0 Å². The van der Waals surface area contributed by atoms with Gasteiger partial charge in [0.15, 0.2) is 17.5 Å². The molecule has 0 radical (unpaired) electrons. The number of fused-ring (bicyclic) bond motifs is 2. The molecule has 11 heteroatoms. The zero-order chi connectivity index (χ0) is 27.1. The Morgan fingerprint density at radius 3 is 2.14 bits per heavy atom. The molecule has 5 rings (SSSR count). The van der Waals surface area contributed by atoms with Crippen molar-refractivity contribution in [3.05, 3.63) is 0 Å². The number of carbonyl (C=O) groups excluding carboxylic acids is 6. The average molecular weight is 521 g/mol. The fraction of sp³-hybridized carbons (Fsp3) is 0.769. The van der Waals surface area contributed by atoms with Crippen LogP contribution in [0.15, 0.2) is 0 Å². The van der Waals surface area contributed by atoms with Crippen LogP contribution in [0.25, 0.3) is 0 Å². The van der Waals surface area contributed by atoms with E-state index in [1.807, 2.05) is 13.8 Å². The number of ketones is 1. The van der Waals surface area contributed by atoms with Gasteiger partial charge in [0, 0.05) is 38.5 Å². The molecule has 2 heterocycles. The maximum atomic E-state index is 13.4. The van der Waals surface area contributed by atoms with Gasteiger partial charge in [0.2, 0.25) is 0 Å². The first-order valence-corrected chi connectivity index (χ1v) is 12.7. The summed E-state index contributed by atoms with van der Waals surface area (Å²) in [4.78, 5) is 75.8. The van der Waals surface area contributed by atoms with E-state index in [1.54, 1.807) is 0 Å². The third-order valence-electron chi connectivity index (χ3n) is 9.75. The molecule has 0 aromatic heterocycles. The van der Waals surface area contributed by atoms with Crippen molar-refractivity contribution in [2.45, 2.75) is 96.7 Å². The Bertz CT molecular complexity index is 1100. The largest absolute Gasteiger partial charge is 0.461 e. The molecule has 2 saturated heterocycles. The van der Waals surface area contributed by atoms with E-state index < -0.39 is 82.5 Å². The van der Waals surface area contributed by atoms with E-state index >= 15 is 0 Å². The molecule has 0 aromatic rings. The lowest BCUT2D eigenvalue weighted by atomic mass is 9.37. The van der Waals surface area contributed by atoms with Crippen molar-refractivity contribution in [2.75, 3.05) is 0 Å². The van der Waals surface area contributed by atoms with Crippen LogP contribution in [0.4, 0.5) is 0 Å². The summed E-state index contributed by atoms with van der Waals surface area (Å²) in [6.45, 7) is 7.48. The fourth-order valence-electron chi connectivity index (χ4n) is 8.74. The maximum absolute atomic E-state index is 13.4. The number of esters is 5. The van der Waals surface area contributed by atoms with Gasteiger partial charge in [-0.05, 0) is 24.7 Å². The van der Waals surface area contributed by atoms with Crippen molar-refractivity contribution in [2.24, 2.45) is 28.6 Å². The lowest BCUT2D eigenvalue weighted by molar-refractivity contribution is -0.302. The van der Waals surface area contributed by atoms with Gasteiger partial charge in [-0.15, -0.1) is 0 Å². The van der Waals surface area contributed by atoms with Crippen LogP contribution in [0, 0.1) is 28.6 Å². The molecule has 2 aliphatic heterocycles. The summed E-state index contributed by atoms with van der Waals surface area (Å²) in [7, 11) is 0. The maximum Gasteiger partial charge on any atom is 0.310 e. The van der Waals surface area contributed by atoms with Crippen LogP contribution in [0.1, 0.15) is 66.7 Å². The van der Waals surface area contributed by atoms with Gasteiger partial charge in [-0.25, -0.2) is 0 Å². The molecule has 5 fully saturated rings. The standard InChI is InChI=1S/C26H32O11/c1-11-15-8-18-25-9-20(32)37-26(25,10-19(31)36-18)17(30)7-6-16(25)24(15,5)23(35-14(4)29)22(34-13(3)28)21(11)33-12(2)27/h11,15-16,18,21-23H,6-10H2,1-5H3/t11-,15-,16+,18+,21+,22+,23-,24-,25-,26+/m0/s1. The fourth-order valence-corrected chi connectivity index (χ4v) is 8.74. The number of carbonyl (C=O) groups is 6. The molecule has 37 heavy (non-hydrogen) atoms. The minimum Gasteiger partial charge on any atom is -0.461 e. The number of Topliss-reactive ketones (excluding diaryl/α,β-unsaturated/α-hetero) is 1. The summed E-state index contributed by atoms with van der Waals surface area (Å²) in [6.07, 6.45) is -3.75. The molecule has 3 saturated carbocycles. The predicted octanol–water partition coefficient (Wildman–Crippen LogP) is 1.42. The number of rotatable bonds is 3. The lowest BCUT2D eigenvalue weighted by Crippen LogP contribution is -2.77. The predicted molar refractivity (Wildman–Crippen MR) is 120 cm³/mol. The quantitative estimate of drug-likeness (QED) is 0.393. The second kappa shape index (κ2) is 8.26. The molecule has 11 nitrogen and oxygen atoms in total. The molecule has 0 bridgehead atoms. The van der Waals surface area contributed by atoms with Crippen LogP contribution in [0.2, 0.25) is 0 Å². The highest BCUT2D eigenvalue weighted by Gasteiger charge is 2.82. The zero-order valence-electron chi connectivity index (χ0n) is 21.6. The molecule has 10 atom stereocenters. The van der Waals surface area contributed by atoms with Gasteiger partial charge in [0.05, 0.1) is 18.3 Å². The number of ether oxygens (including phenoxy) is 5. The average Bonchev–Trinajstić information content (AvgIpc) is 3.09. The van der Waals surface area contributed by atoms with Gasteiger partial charge in [0.1, 0.15) is 18.3 Å². The van der Waals surface area contributed by atoms with E-state index in [4.69, 9.17) is 23.7 Å². The van der Waals surface area contributed by atoms with Gasteiger partial charge in [-0.2, -0.15) is 0 Å². The van der Waals surface area contributed by atoms with Crippen molar-refractivity contribution >= 4 is 35.6 Å². The van der Waals surface area contributed by atoms with Crippen LogP contribution in [0.3, 0.4) is 0 Å². The summed E-state index contributed by atoms with van der Waals surface area (Å²) < 4.78 is 28.9. The van der Waals surface area contributed by atoms with E-state index in [9.17, 15) is 28.8 Å². The first-order chi connectivity index (χ1) is 17.3. The van der Waals surface area contributed by atoms with Crippen LogP contribution < -0.4 is 0 Å². The second-order valence-electron chi connectivity index (χ2n) is 11.4. The third-order valence-corrected chi connectivity index (χ3v) is 9.75. The normalized spacial score (nSPS) is 45.9. The van der Waals surface area contributed by atoms with Crippen molar-refractivity contribution < 1.29 is 52.5 Å². The first-order valence-electron chi connectivity index (χ1n) is 12.7. The van der Waals surface area contributed by atoms with Crippen molar-refractivity contribution in [3.63, 3.8) is 0 Å². The Morgan fingerprint density at radius 2 is 1.51 bits per heavy atom. The summed E-state index contributed by atoms with van der Waals surface area (Å²) in [5, 5.41) is 0. The summed E-state index contributed by atoms with van der Waals surface area (Å²) >= 11 is 0. The van der Waals surface area contributed by atoms with Gasteiger partial charge < -0.3 is 23.7 Å². The molecular weight excluding hydrogens is 488 g/mol. The Morgan fingerprint density at radius 1 is 0.892 bits per heavy atom. The third kappa shape index (κ3) is 3.31. The highest BCUT2D eigenvalue weighted by Crippen LogP contribution is 2.73. The van der Waals surface area contributed by atoms with Crippen molar-refractivity contribution in [3.8, 4) is 0 Å². The molecule has 5 aliphatic rings. The van der Waals surface area contributed by atoms with E-state index in [0.29, 0.717) is 6.42 Å². The van der Waals surface area contributed by atoms with Crippen molar-refractivity contribution in [1.29, 1.82) is 0 Å². The van der Waals surface area contributed by atoms with Gasteiger partial charge >= 0.3 is 29.8 Å². The molecule has 3 aliphatic carbocycles. The Kier molecular flexibility index (Phi) is 5.73. The van der Waals surface area contributed by atoms with Crippen LogP contribution in [0.5, 0.6) is 0 Å². The molecule has 0 aromatic carbocycles. The van der Waals surface area contributed by atoms with Crippen molar-refractivity contribution in [1.82, 2.24) is 0 Å². The number of hydrogen-bond acceptors (Lipinski definition) is 11. The molecule has 0 amide bonds. The van der Waals surface area contributed by atoms with Crippen LogP contribution >= 0.6 is 0 Å². The molecule has 202 valence electrons. The Balaban J connectivity index is 1.73. The van der Waals surface area contributed by atoms with Gasteiger partial charge in [-0.3, -0.25) is 28.8 Å². The zero-order valence-corrected chi connectivity index (χ0v) is 21.6. The highest BCUT2D eigenvalue weighted by molar-refractivity contribution is 5.99. The van der Waals surface area contributed by atoms with Crippen LogP contribution in [-0.4, -0.2) is 65.6 Å². The topological polar surface area (TPSA) is 149 Å². The SMILES string of the molecule is CC(=O)O[C@@H]1[C@@H](C)[C@@H]2C[C@H]3OC(=O)C[C@]45OC(=O)C[C@]34[C@H](CCC5=O)[C@@]2(C)[C@@H](OC(C)=O)[C@@H]1OC(C)=O. The molecular formula is C26H32O11. The molecule has 0 unspecified atom stereocenters. The minimum absolute atomic E-state index is 0.0643. The number of hydrogen-bond donors (Lipinski definition) is 0. The molecule has 0 N–H and O–H groups in total. The smallest absolute Gasteiger partial charge is 0.310 e.